The Morgan fingerprint density at radius 2 is 1.71 bits per heavy atom. The van der Waals surface area contributed by atoms with E-state index in [0.717, 1.165) is 25.7 Å². The molecule has 130 valence electrons. The van der Waals surface area contributed by atoms with Crippen molar-refractivity contribution in [3.05, 3.63) is 35.4 Å². The van der Waals surface area contributed by atoms with E-state index in [4.69, 9.17) is 5.11 Å². The van der Waals surface area contributed by atoms with Crippen molar-refractivity contribution >= 4 is 35.4 Å². The van der Waals surface area contributed by atoms with Crippen LogP contribution in [-0.4, -0.2) is 34.0 Å². The van der Waals surface area contributed by atoms with Crippen LogP contribution in [0.3, 0.4) is 0 Å². The molecule has 1 aliphatic carbocycles. The Balaban J connectivity index is 1.67. The van der Waals surface area contributed by atoms with Gasteiger partial charge in [-0.2, -0.15) is 0 Å². The minimum atomic E-state index is -0.848. The summed E-state index contributed by atoms with van der Waals surface area (Å²) in [4.78, 5) is 23.7. The van der Waals surface area contributed by atoms with Gasteiger partial charge in [0.25, 0.3) is 5.91 Å². The molecule has 24 heavy (non-hydrogen) atoms. The molecule has 2 N–H and O–H groups in total. The van der Waals surface area contributed by atoms with Crippen molar-refractivity contribution in [2.45, 2.75) is 48.6 Å². The van der Waals surface area contributed by atoms with Gasteiger partial charge < -0.3 is 10.4 Å². The molecule has 6 heteroatoms. The highest BCUT2D eigenvalue weighted by molar-refractivity contribution is 8.16. The Morgan fingerprint density at radius 3 is 2.29 bits per heavy atom. The second-order valence-electron chi connectivity index (χ2n) is 6.56. The van der Waals surface area contributed by atoms with E-state index >= 15 is 0 Å². The number of rotatable bonds is 5. The first-order chi connectivity index (χ1) is 11.6. The van der Waals surface area contributed by atoms with Crippen molar-refractivity contribution < 1.29 is 14.7 Å². The fourth-order valence-corrected chi connectivity index (χ4v) is 6.37. The molecule has 1 aromatic rings. The predicted octanol–water partition coefficient (Wildman–Crippen LogP) is 4.07. The molecule has 3 rings (SSSR count). The summed E-state index contributed by atoms with van der Waals surface area (Å²) >= 11 is 3.92. The zero-order chi connectivity index (χ0) is 17.0. The van der Waals surface area contributed by atoms with E-state index in [1.807, 2.05) is 47.8 Å². The van der Waals surface area contributed by atoms with Crippen LogP contribution in [0, 0.1) is 0 Å². The number of nitrogens with one attached hydrogen (secondary N) is 1. The van der Waals surface area contributed by atoms with E-state index in [0.29, 0.717) is 10.1 Å². The molecule has 2 aliphatic rings. The Morgan fingerprint density at radius 1 is 1.08 bits per heavy atom. The molecule has 0 bridgehead atoms. The largest absolute Gasteiger partial charge is 0.481 e. The van der Waals surface area contributed by atoms with Crippen molar-refractivity contribution in [1.29, 1.82) is 0 Å². The zero-order valence-corrected chi connectivity index (χ0v) is 15.3. The quantitative estimate of drug-likeness (QED) is 0.823. The molecular weight excluding hydrogens is 342 g/mol. The van der Waals surface area contributed by atoms with Crippen LogP contribution in [0.4, 0.5) is 0 Å². The molecule has 1 saturated carbocycles. The second kappa shape index (κ2) is 7.83. The number of thioether (sulfide) groups is 2. The van der Waals surface area contributed by atoms with Gasteiger partial charge in [0.15, 0.2) is 0 Å². The summed E-state index contributed by atoms with van der Waals surface area (Å²) in [6.07, 6.45) is 4.71. The second-order valence-corrected chi connectivity index (χ2v) is 9.29. The molecule has 0 spiro atoms. The number of hydrogen-bond acceptors (Lipinski definition) is 4. The molecule has 1 aliphatic heterocycles. The highest BCUT2D eigenvalue weighted by atomic mass is 32.2. The molecule has 1 heterocycles. The van der Waals surface area contributed by atoms with Crippen molar-refractivity contribution in [1.82, 2.24) is 5.32 Å². The summed E-state index contributed by atoms with van der Waals surface area (Å²) in [5.41, 5.74) is 1.29. The van der Waals surface area contributed by atoms with Crippen LogP contribution in [0.25, 0.3) is 0 Å². The van der Waals surface area contributed by atoms with Crippen LogP contribution in [0.2, 0.25) is 0 Å². The molecular formula is C18H23NO3S2. The first-order valence-electron chi connectivity index (χ1n) is 8.45. The van der Waals surface area contributed by atoms with Gasteiger partial charge in [0.2, 0.25) is 0 Å². The minimum Gasteiger partial charge on any atom is -0.481 e. The lowest BCUT2D eigenvalue weighted by Gasteiger charge is -2.28. The number of carbonyl (C=O) groups excluding carboxylic acids is 1. The summed E-state index contributed by atoms with van der Waals surface area (Å²) in [6, 6.07) is 7.79. The fourth-order valence-electron chi connectivity index (χ4n) is 3.47. The SMILES string of the molecule is O=C(O)CC1(NC(=O)c2ccc(C3SCCCS3)cc2)CCCC1. The first kappa shape index (κ1) is 17.7. The van der Waals surface area contributed by atoms with Crippen LogP contribution in [0.5, 0.6) is 0 Å². The highest BCUT2D eigenvalue weighted by Gasteiger charge is 2.37. The maximum Gasteiger partial charge on any atom is 0.305 e. The molecule has 0 radical (unpaired) electrons. The third-order valence-electron chi connectivity index (χ3n) is 4.70. The van der Waals surface area contributed by atoms with Crippen LogP contribution in [-0.2, 0) is 4.79 Å². The summed E-state index contributed by atoms with van der Waals surface area (Å²) in [6.45, 7) is 0. The molecule has 2 fully saturated rings. The average molecular weight is 366 g/mol. The maximum atomic E-state index is 12.6. The van der Waals surface area contributed by atoms with Crippen LogP contribution in [0.1, 0.15) is 59.0 Å². The number of benzene rings is 1. The Hall–Kier alpha value is -1.14. The van der Waals surface area contributed by atoms with E-state index in [2.05, 4.69) is 5.32 Å². The summed E-state index contributed by atoms with van der Waals surface area (Å²) in [5.74, 6) is 1.38. The Bertz CT molecular complexity index is 591. The number of amides is 1. The van der Waals surface area contributed by atoms with Gasteiger partial charge in [0.1, 0.15) is 0 Å². The minimum absolute atomic E-state index is 0.00613. The van der Waals surface area contributed by atoms with E-state index in [1.165, 1.54) is 23.5 Å². The molecule has 0 atom stereocenters. The number of carbonyl (C=O) groups is 2. The van der Waals surface area contributed by atoms with E-state index in [-0.39, 0.29) is 12.3 Å². The Labute approximate surface area is 151 Å². The van der Waals surface area contributed by atoms with Crippen LogP contribution in [0.15, 0.2) is 24.3 Å². The van der Waals surface area contributed by atoms with Crippen LogP contribution >= 0.6 is 23.5 Å². The third kappa shape index (κ3) is 4.28. The van der Waals surface area contributed by atoms with Gasteiger partial charge in [-0.1, -0.05) is 25.0 Å². The van der Waals surface area contributed by atoms with Crippen LogP contribution < -0.4 is 5.32 Å². The number of carboxylic acids is 1. The molecule has 1 saturated heterocycles. The predicted molar refractivity (Wildman–Crippen MR) is 99.6 cm³/mol. The van der Waals surface area contributed by atoms with Gasteiger partial charge in [0.05, 0.1) is 16.5 Å². The van der Waals surface area contributed by atoms with Gasteiger partial charge >= 0.3 is 5.97 Å². The van der Waals surface area contributed by atoms with Gasteiger partial charge in [-0.3, -0.25) is 9.59 Å². The van der Waals surface area contributed by atoms with Crippen molar-refractivity contribution in [2.24, 2.45) is 0 Å². The van der Waals surface area contributed by atoms with E-state index < -0.39 is 11.5 Å². The summed E-state index contributed by atoms with van der Waals surface area (Å²) < 4.78 is 0.462. The van der Waals surface area contributed by atoms with Gasteiger partial charge in [-0.15, -0.1) is 23.5 Å². The van der Waals surface area contributed by atoms with Crippen molar-refractivity contribution in [2.75, 3.05) is 11.5 Å². The maximum absolute atomic E-state index is 12.6. The zero-order valence-electron chi connectivity index (χ0n) is 13.6. The highest BCUT2D eigenvalue weighted by Crippen LogP contribution is 2.43. The van der Waals surface area contributed by atoms with Gasteiger partial charge in [-0.05, 0) is 48.5 Å². The molecule has 1 aromatic carbocycles. The first-order valence-corrected chi connectivity index (χ1v) is 10.6. The topological polar surface area (TPSA) is 66.4 Å². The molecule has 0 aromatic heterocycles. The molecule has 4 nitrogen and oxygen atoms in total. The van der Waals surface area contributed by atoms with E-state index in [1.54, 1.807) is 0 Å². The monoisotopic (exact) mass is 365 g/mol. The molecule has 1 amide bonds. The number of aliphatic carboxylic acids is 1. The average Bonchev–Trinajstić information content (AvgIpc) is 3.03. The van der Waals surface area contributed by atoms with Crippen molar-refractivity contribution in [3.63, 3.8) is 0 Å². The number of hydrogen-bond donors (Lipinski definition) is 2. The third-order valence-corrected chi connectivity index (χ3v) is 7.72. The Kier molecular flexibility index (Phi) is 5.76. The van der Waals surface area contributed by atoms with E-state index in [9.17, 15) is 9.59 Å². The lowest BCUT2D eigenvalue weighted by Crippen LogP contribution is -2.47. The smallest absolute Gasteiger partial charge is 0.305 e. The lowest BCUT2D eigenvalue weighted by atomic mass is 9.92. The lowest BCUT2D eigenvalue weighted by molar-refractivity contribution is -0.138. The fraction of sp³-hybridized carbons (Fsp3) is 0.556. The van der Waals surface area contributed by atoms with Crippen molar-refractivity contribution in [3.8, 4) is 0 Å². The summed E-state index contributed by atoms with van der Waals surface area (Å²) in [5, 5.41) is 12.2. The number of carboxylic acid groups (broad SMARTS) is 1. The standard InChI is InChI=1S/C18H23NO3S2/c20-15(21)12-18(8-1-2-9-18)19-16(22)13-4-6-14(7-5-13)17-23-10-3-11-24-17/h4-7,17H,1-3,8-12H2,(H,19,22)(H,20,21). The van der Waals surface area contributed by atoms with Gasteiger partial charge in [0, 0.05) is 5.56 Å². The summed E-state index contributed by atoms with van der Waals surface area (Å²) in [7, 11) is 0. The molecule has 0 unspecified atom stereocenters. The van der Waals surface area contributed by atoms with Gasteiger partial charge in [-0.25, -0.2) is 0 Å². The normalized spacial score (nSPS) is 20.7.